The lowest BCUT2D eigenvalue weighted by Gasteiger charge is -2.05. The monoisotopic (exact) mass is 296 g/mol. The van der Waals surface area contributed by atoms with Crippen LogP contribution in [0.2, 0.25) is 5.02 Å². The Bertz CT molecular complexity index is 654. The van der Waals surface area contributed by atoms with Gasteiger partial charge in [0.2, 0.25) is 0 Å². The highest BCUT2D eigenvalue weighted by molar-refractivity contribution is 7.17. The van der Waals surface area contributed by atoms with Crippen molar-refractivity contribution in [2.24, 2.45) is 0 Å². The van der Waals surface area contributed by atoms with E-state index in [-0.39, 0.29) is 9.88 Å². The summed E-state index contributed by atoms with van der Waals surface area (Å²) in [6.45, 7) is 1.86. The molecule has 1 heterocycles. The van der Waals surface area contributed by atoms with E-state index in [9.17, 15) is 14.9 Å². The summed E-state index contributed by atoms with van der Waals surface area (Å²) in [5, 5.41) is 13.7. The predicted molar refractivity (Wildman–Crippen MR) is 75.1 cm³/mol. The summed E-state index contributed by atoms with van der Waals surface area (Å²) < 4.78 is 0. The number of benzene rings is 1. The number of nitrogens with zero attached hydrogens (tertiary/aromatic N) is 1. The molecule has 2 aromatic rings. The molecule has 0 saturated carbocycles. The highest BCUT2D eigenvalue weighted by atomic mass is 35.5. The molecule has 19 heavy (non-hydrogen) atoms. The second-order valence-corrected chi connectivity index (χ2v) is 5.28. The number of halogens is 1. The second-order valence-electron chi connectivity index (χ2n) is 3.81. The van der Waals surface area contributed by atoms with Crippen molar-refractivity contribution < 1.29 is 9.72 Å². The maximum absolute atomic E-state index is 11.9. The maximum Gasteiger partial charge on any atom is 0.324 e. The third-order valence-electron chi connectivity index (χ3n) is 2.43. The van der Waals surface area contributed by atoms with Crippen LogP contribution in [0.3, 0.4) is 0 Å². The van der Waals surface area contributed by atoms with Gasteiger partial charge in [-0.25, -0.2) is 0 Å². The van der Waals surface area contributed by atoms with Crippen LogP contribution in [0.15, 0.2) is 30.3 Å². The van der Waals surface area contributed by atoms with Crippen LogP contribution in [-0.2, 0) is 0 Å². The van der Waals surface area contributed by atoms with Crippen LogP contribution in [0.25, 0.3) is 0 Å². The Kier molecular flexibility index (Phi) is 3.82. The number of amides is 1. The van der Waals surface area contributed by atoms with Crippen molar-refractivity contribution in [2.45, 2.75) is 6.92 Å². The van der Waals surface area contributed by atoms with Crippen molar-refractivity contribution in [3.63, 3.8) is 0 Å². The average Bonchev–Trinajstić information content (AvgIpc) is 2.83. The molecule has 1 aromatic heterocycles. The Morgan fingerprint density at radius 3 is 2.68 bits per heavy atom. The number of nitro groups is 1. The zero-order valence-electron chi connectivity index (χ0n) is 9.84. The molecular weight excluding hydrogens is 288 g/mol. The molecule has 98 valence electrons. The van der Waals surface area contributed by atoms with Crippen molar-refractivity contribution >= 4 is 39.5 Å². The van der Waals surface area contributed by atoms with Crippen LogP contribution >= 0.6 is 22.9 Å². The van der Waals surface area contributed by atoms with Crippen molar-refractivity contribution in [2.75, 3.05) is 5.32 Å². The topological polar surface area (TPSA) is 72.2 Å². The van der Waals surface area contributed by atoms with Gasteiger partial charge < -0.3 is 5.32 Å². The zero-order valence-corrected chi connectivity index (χ0v) is 11.4. The Morgan fingerprint density at radius 2 is 2.11 bits per heavy atom. The molecule has 0 saturated heterocycles. The molecule has 5 nitrogen and oxygen atoms in total. The molecule has 0 aliphatic carbocycles. The zero-order chi connectivity index (χ0) is 14.0. The first-order valence-corrected chi connectivity index (χ1v) is 6.48. The Labute approximate surface area is 118 Å². The fourth-order valence-corrected chi connectivity index (χ4v) is 2.31. The highest BCUT2D eigenvalue weighted by Crippen LogP contribution is 2.25. The molecule has 1 amide bonds. The summed E-state index contributed by atoms with van der Waals surface area (Å²) in [7, 11) is 0. The second kappa shape index (κ2) is 5.38. The fourth-order valence-electron chi connectivity index (χ4n) is 1.41. The van der Waals surface area contributed by atoms with Gasteiger partial charge in [0.25, 0.3) is 5.91 Å². The van der Waals surface area contributed by atoms with Crippen molar-refractivity contribution in [1.29, 1.82) is 0 Å². The number of nitrogens with one attached hydrogen (secondary N) is 1. The van der Waals surface area contributed by atoms with Gasteiger partial charge in [0.05, 0.1) is 9.80 Å². The molecule has 0 spiro atoms. The van der Waals surface area contributed by atoms with Gasteiger partial charge in [-0.3, -0.25) is 14.9 Å². The molecule has 0 aliphatic heterocycles. The summed E-state index contributed by atoms with van der Waals surface area (Å²) in [6, 6.07) is 7.88. The molecule has 0 unspecified atom stereocenters. The fraction of sp³-hybridized carbons (Fsp3) is 0.0833. The molecular formula is C12H9ClN2O3S. The van der Waals surface area contributed by atoms with E-state index in [0.717, 1.165) is 16.9 Å². The normalized spacial score (nSPS) is 10.2. The van der Waals surface area contributed by atoms with E-state index >= 15 is 0 Å². The van der Waals surface area contributed by atoms with Crippen LogP contribution in [0.5, 0.6) is 0 Å². The van der Waals surface area contributed by atoms with E-state index in [0.29, 0.717) is 10.7 Å². The number of hydrogen-bond acceptors (Lipinski definition) is 4. The van der Waals surface area contributed by atoms with Crippen LogP contribution in [-0.4, -0.2) is 10.8 Å². The van der Waals surface area contributed by atoms with Gasteiger partial charge in [-0.05, 0) is 30.7 Å². The molecule has 2 rings (SSSR count). The summed E-state index contributed by atoms with van der Waals surface area (Å²) >= 11 is 6.78. The number of aryl methyl sites for hydroxylation is 1. The van der Waals surface area contributed by atoms with Gasteiger partial charge in [0.15, 0.2) is 0 Å². The first-order chi connectivity index (χ1) is 8.97. The van der Waals surface area contributed by atoms with E-state index in [1.54, 1.807) is 18.2 Å². The van der Waals surface area contributed by atoms with Gasteiger partial charge >= 0.3 is 5.00 Å². The molecule has 1 aromatic carbocycles. The van der Waals surface area contributed by atoms with Gasteiger partial charge in [-0.2, -0.15) is 0 Å². The van der Waals surface area contributed by atoms with Gasteiger partial charge in [0, 0.05) is 16.8 Å². The van der Waals surface area contributed by atoms with Crippen LogP contribution in [0.4, 0.5) is 10.7 Å². The molecule has 7 heteroatoms. The average molecular weight is 297 g/mol. The number of anilines is 1. The lowest BCUT2D eigenvalue weighted by Crippen LogP contribution is -2.09. The van der Waals surface area contributed by atoms with Crippen molar-refractivity contribution in [1.82, 2.24) is 0 Å². The minimum atomic E-state index is -0.524. The van der Waals surface area contributed by atoms with E-state index < -0.39 is 10.8 Å². The molecule has 0 radical (unpaired) electrons. The smallest absolute Gasteiger partial charge is 0.321 e. The first-order valence-electron chi connectivity index (χ1n) is 5.29. The van der Waals surface area contributed by atoms with Crippen LogP contribution < -0.4 is 5.32 Å². The summed E-state index contributed by atoms with van der Waals surface area (Å²) in [4.78, 5) is 22.2. The van der Waals surface area contributed by atoms with E-state index in [1.807, 2.05) is 6.92 Å². The number of thiophene rings is 1. The quantitative estimate of drug-likeness (QED) is 0.690. The largest absolute Gasteiger partial charge is 0.324 e. The van der Waals surface area contributed by atoms with Gasteiger partial charge in [-0.1, -0.05) is 29.0 Å². The molecule has 0 fully saturated rings. The molecule has 0 bridgehead atoms. The third-order valence-corrected chi connectivity index (χ3v) is 3.87. The summed E-state index contributed by atoms with van der Waals surface area (Å²) in [5.74, 6) is -0.391. The third kappa shape index (κ3) is 3.10. The number of hydrogen-bond donors (Lipinski definition) is 1. The van der Waals surface area contributed by atoms with Gasteiger partial charge in [0.1, 0.15) is 0 Å². The summed E-state index contributed by atoms with van der Waals surface area (Å²) in [5.41, 5.74) is 1.46. The van der Waals surface area contributed by atoms with Crippen LogP contribution in [0.1, 0.15) is 15.2 Å². The lowest BCUT2D eigenvalue weighted by atomic mass is 10.2. The van der Waals surface area contributed by atoms with E-state index in [4.69, 9.17) is 11.6 Å². The maximum atomic E-state index is 11.9. The molecule has 0 atom stereocenters. The predicted octanol–water partition coefficient (Wildman–Crippen LogP) is 3.87. The van der Waals surface area contributed by atoms with Crippen molar-refractivity contribution in [3.05, 3.63) is 55.9 Å². The Hall–Kier alpha value is -1.92. The first kappa shape index (κ1) is 13.5. The molecule has 1 N–H and O–H groups in total. The minimum absolute atomic E-state index is 0.0629. The van der Waals surface area contributed by atoms with E-state index in [2.05, 4.69) is 5.32 Å². The number of carbonyl (C=O) groups excluding carboxylic acids is 1. The van der Waals surface area contributed by atoms with Gasteiger partial charge in [-0.15, -0.1) is 0 Å². The minimum Gasteiger partial charge on any atom is -0.321 e. The number of carbonyl (C=O) groups is 1. The summed E-state index contributed by atoms with van der Waals surface area (Å²) in [6.07, 6.45) is 0. The standard InChI is InChI=1S/C12H9ClN2O3S/c1-7-2-3-8(6-9(7)13)14-12(16)10-4-5-11(19-10)15(17)18/h2-6H,1H3,(H,14,16). The Balaban J connectivity index is 2.15. The SMILES string of the molecule is Cc1ccc(NC(=O)c2ccc([N+](=O)[O-])s2)cc1Cl. The lowest BCUT2D eigenvalue weighted by molar-refractivity contribution is -0.380. The van der Waals surface area contributed by atoms with Crippen molar-refractivity contribution in [3.8, 4) is 0 Å². The molecule has 0 aliphatic rings. The van der Waals surface area contributed by atoms with Crippen LogP contribution in [0, 0.1) is 17.0 Å². The highest BCUT2D eigenvalue weighted by Gasteiger charge is 2.15. The van der Waals surface area contributed by atoms with E-state index in [1.165, 1.54) is 12.1 Å². The Morgan fingerprint density at radius 1 is 1.37 bits per heavy atom. The number of rotatable bonds is 3.